The van der Waals surface area contributed by atoms with Crippen molar-refractivity contribution in [3.05, 3.63) is 33.9 Å². The number of benzene rings is 1. The first-order chi connectivity index (χ1) is 15.8. The lowest BCUT2D eigenvalue weighted by atomic mass is 9.78. The molecule has 0 aliphatic carbocycles. The maximum Gasteiger partial charge on any atom is 0.370 e. The molecule has 0 heterocycles. The Labute approximate surface area is 212 Å². The van der Waals surface area contributed by atoms with Gasteiger partial charge in [0, 0.05) is 11.1 Å². The summed E-state index contributed by atoms with van der Waals surface area (Å²) in [4.78, 5) is 0. The van der Waals surface area contributed by atoms with Gasteiger partial charge < -0.3 is 23.2 Å². The summed E-state index contributed by atoms with van der Waals surface area (Å²) in [6.45, 7) is 22.5. The minimum Gasteiger partial charge on any atom is -0.507 e. The molecule has 0 saturated carbocycles. The van der Waals surface area contributed by atoms with Gasteiger partial charge in [-0.15, -0.1) is 0 Å². The molecule has 0 fully saturated rings. The summed E-state index contributed by atoms with van der Waals surface area (Å²) < 4.78 is 51.2. The van der Waals surface area contributed by atoms with E-state index in [1.54, 1.807) is 41.5 Å². The molecule has 0 aromatic heterocycles. The quantitative estimate of drug-likeness (QED) is 0.285. The molecule has 35 heavy (non-hydrogen) atoms. The first-order valence-electron chi connectivity index (χ1n) is 12.3. The highest BCUT2D eigenvalue weighted by atomic mass is 31.2. The Morgan fingerprint density at radius 3 is 1.49 bits per heavy atom. The highest BCUT2D eigenvalue weighted by molar-refractivity contribution is 7.79. The standard InChI is InChI=1S/C26H46O7P2/c1-13-30-34(28,31-14-2)23(35(29,32-18(3)4)33-19(5)6)17-20-15-21(25(7,8)9)24(27)22(16-20)26(10,11)12/h15-19,27H,13-14H2,1-12H3. The number of hydrogen-bond donors (Lipinski definition) is 1. The van der Waals surface area contributed by atoms with Gasteiger partial charge in [-0.05, 0) is 76.1 Å². The van der Waals surface area contributed by atoms with Crippen LogP contribution in [0.1, 0.15) is 99.8 Å². The monoisotopic (exact) mass is 532 g/mol. The SMILES string of the molecule is CCOP(=O)(OCC)C(=Cc1cc(C(C)(C)C)c(O)c(C(C)(C)C)c1)P(=O)(OC(C)C)OC(C)C. The summed E-state index contributed by atoms with van der Waals surface area (Å²) in [6, 6.07) is 3.61. The van der Waals surface area contributed by atoms with Gasteiger partial charge in [0.1, 0.15) is 5.75 Å². The number of phenolic OH excluding ortho intramolecular Hbond substituents is 1. The molecule has 0 aliphatic rings. The van der Waals surface area contributed by atoms with Crippen LogP contribution in [0, 0.1) is 0 Å². The molecule has 7 nitrogen and oxygen atoms in total. The van der Waals surface area contributed by atoms with E-state index < -0.39 is 27.4 Å². The second-order valence-corrected chi connectivity index (χ2v) is 15.4. The Kier molecular flexibility index (Phi) is 11.1. The van der Waals surface area contributed by atoms with E-state index in [4.69, 9.17) is 18.1 Å². The molecule has 0 bridgehead atoms. The third-order valence-electron chi connectivity index (χ3n) is 4.90. The molecule has 0 radical (unpaired) electrons. The van der Waals surface area contributed by atoms with E-state index >= 15 is 0 Å². The fraction of sp³-hybridized carbons (Fsp3) is 0.692. The largest absolute Gasteiger partial charge is 0.507 e. The van der Waals surface area contributed by atoms with Crippen molar-refractivity contribution in [1.29, 1.82) is 0 Å². The van der Waals surface area contributed by atoms with Gasteiger partial charge in [-0.2, -0.15) is 0 Å². The first kappa shape index (κ1) is 32.1. The van der Waals surface area contributed by atoms with Gasteiger partial charge in [0.2, 0.25) is 0 Å². The van der Waals surface area contributed by atoms with Gasteiger partial charge in [-0.25, -0.2) is 0 Å². The molecule has 1 aromatic rings. The molecule has 202 valence electrons. The number of aromatic hydroxyl groups is 1. The van der Waals surface area contributed by atoms with Gasteiger partial charge in [0.25, 0.3) is 0 Å². The fourth-order valence-corrected chi connectivity index (χ4v) is 8.38. The average molecular weight is 533 g/mol. The van der Waals surface area contributed by atoms with E-state index in [9.17, 15) is 14.2 Å². The van der Waals surface area contributed by atoms with Crippen molar-refractivity contribution in [2.75, 3.05) is 13.2 Å². The van der Waals surface area contributed by atoms with Crippen LogP contribution in [0.4, 0.5) is 0 Å². The Bertz CT molecular complexity index is 923. The molecular formula is C26H46O7P2. The molecule has 1 rings (SSSR count). The zero-order valence-corrected chi connectivity index (χ0v) is 25.4. The van der Waals surface area contributed by atoms with Crippen molar-refractivity contribution in [3.8, 4) is 5.75 Å². The second kappa shape index (κ2) is 12.1. The summed E-state index contributed by atoms with van der Waals surface area (Å²) in [6.07, 6.45) is 0.575. The normalized spacial score (nSPS) is 14.3. The van der Waals surface area contributed by atoms with Gasteiger partial charge in [0.05, 0.1) is 25.4 Å². The van der Waals surface area contributed by atoms with Gasteiger partial charge in [-0.1, -0.05) is 41.5 Å². The van der Waals surface area contributed by atoms with E-state index in [2.05, 4.69) is 0 Å². The van der Waals surface area contributed by atoms with E-state index in [-0.39, 0.29) is 34.8 Å². The molecule has 9 heteroatoms. The van der Waals surface area contributed by atoms with E-state index in [0.29, 0.717) is 16.7 Å². The number of rotatable bonds is 11. The highest BCUT2D eigenvalue weighted by Crippen LogP contribution is 2.75. The van der Waals surface area contributed by atoms with Crippen LogP contribution >= 0.6 is 15.2 Å². The number of hydrogen-bond acceptors (Lipinski definition) is 7. The predicted octanol–water partition coefficient (Wildman–Crippen LogP) is 8.59. The Balaban J connectivity index is 4.15. The summed E-state index contributed by atoms with van der Waals surface area (Å²) in [5.74, 6) is 0.210. The predicted molar refractivity (Wildman–Crippen MR) is 144 cm³/mol. The topological polar surface area (TPSA) is 91.3 Å². The smallest absolute Gasteiger partial charge is 0.370 e. The van der Waals surface area contributed by atoms with Crippen molar-refractivity contribution in [2.45, 2.75) is 106 Å². The van der Waals surface area contributed by atoms with E-state index in [1.807, 2.05) is 53.7 Å². The average Bonchev–Trinajstić information content (AvgIpc) is 2.63. The summed E-state index contributed by atoms with van der Waals surface area (Å²) in [7, 11) is -8.19. The summed E-state index contributed by atoms with van der Waals surface area (Å²) in [5, 5.41) is 11.0. The minimum atomic E-state index is -4.13. The minimum absolute atomic E-state index is 0.0774. The maximum absolute atomic E-state index is 14.3. The molecule has 0 atom stereocenters. The third kappa shape index (κ3) is 8.55. The Hall–Kier alpha value is -0.940. The van der Waals surface area contributed by atoms with Crippen molar-refractivity contribution in [2.24, 2.45) is 0 Å². The van der Waals surface area contributed by atoms with Crippen LogP contribution in [-0.4, -0.2) is 30.5 Å². The summed E-state index contributed by atoms with van der Waals surface area (Å²) >= 11 is 0. The summed E-state index contributed by atoms with van der Waals surface area (Å²) in [5.41, 5.74) is 1.24. The first-order valence-corrected chi connectivity index (χ1v) is 15.4. The Morgan fingerprint density at radius 2 is 1.20 bits per heavy atom. The molecule has 0 aliphatic heterocycles. The van der Waals surface area contributed by atoms with Crippen LogP contribution in [0.15, 0.2) is 17.2 Å². The highest BCUT2D eigenvalue weighted by Gasteiger charge is 2.46. The van der Waals surface area contributed by atoms with Gasteiger partial charge >= 0.3 is 15.2 Å². The van der Waals surface area contributed by atoms with Crippen molar-refractivity contribution < 1.29 is 32.3 Å². The van der Waals surface area contributed by atoms with Crippen molar-refractivity contribution in [3.63, 3.8) is 0 Å². The van der Waals surface area contributed by atoms with Crippen LogP contribution in [-0.2, 0) is 38.1 Å². The fourth-order valence-electron chi connectivity index (χ4n) is 3.54. The van der Waals surface area contributed by atoms with Crippen LogP contribution in [0.2, 0.25) is 0 Å². The number of phenols is 1. The zero-order valence-electron chi connectivity index (χ0n) is 23.6. The molecule has 0 spiro atoms. The molecule has 1 aromatic carbocycles. The van der Waals surface area contributed by atoms with Crippen LogP contribution in [0.25, 0.3) is 6.08 Å². The third-order valence-corrected chi connectivity index (χ3v) is 10.3. The molecule has 0 saturated heterocycles. The molecule has 0 unspecified atom stereocenters. The van der Waals surface area contributed by atoms with Gasteiger partial charge in [-0.3, -0.25) is 9.13 Å². The van der Waals surface area contributed by atoms with Crippen LogP contribution < -0.4 is 0 Å². The maximum atomic E-state index is 14.3. The van der Waals surface area contributed by atoms with Crippen LogP contribution in [0.5, 0.6) is 5.75 Å². The van der Waals surface area contributed by atoms with E-state index in [0.717, 1.165) is 0 Å². The van der Waals surface area contributed by atoms with Crippen molar-refractivity contribution >= 4 is 21.3 Å². The lowest BCUT2D eigenvalue weighted by Crippen LogP contribution is -2.17. The zero-order chi connectivity index (χ0) is 27.4. The molecular weight excluding hydrogens is 486 g/mol. The lowest BCUT2D eigenvalue weighted by Gasteiger charge is -2.30. The lowest BCUT2D eigenvalue weighted by molar-refractivity contribution is 0.147. The van der Waals surface area contributed by atoms with Crippen LogP contribution in [0.3, 0.4) is 0 Å². The molecule has 0 amide bonds. The van der Waals surface area contributed by atoms with Crippen molar-refractivity contribution in [1.82, 2.24) is 0 Å². The molecule has 1 N–H and O–H groups in total. The second-order valence-electron chi connectivity index (χ2n) is 11.1. The van der Waals surface area contributed by atoms with Gasteiger partial charge in [0.15, 0.2) is 5.06 Å². The van der Waals surface area contributed by atoms with E-state index in [1.165, 1.54) is 6.08 Å². The Morgan fingerprint density at radius 1 is 0.829 bits per heavy atom.